The van der Waals surface area contributed by atoms with Crippen molar-refractivity contribution in [1.82, 2.24) is 10.2 Å². The Labute approximate surface area is 138 Å². The minimum Gasteiger partial charge on any atom is -0.480 e. The summed E-state index contributed by atoms with van der Waals surface area (Å²) in [5, 5.41) is 11.9. The minimum atomic E-state index is -1.02. The molecule has 132 valence electrons. The molecule has 0 bridgehead atoms. The van der Waals surface area contributed by atoms with Crippen molar-refractivity contribution >= 4 is 17.8 Å². The number of carbonyl (C=O) groups is 3. The van der Waals surface area contributed by atoms with Crippen LogP contribution in [0.25, 0.3) is 0 Å². The van der Waals surface area contributed by atoms with E-state index in [1.54, 1.807) is 0 Å². The van der Waals surface area contributed by atoms with Crippen LogP contribution in [0.1, 0.15) is 59.3 Å². The zero-order valence-electron chi connectivity index (χ0n) is 14.5. The number of hydrogen-bond donors (Lipinski definition) is 2. The van der Waals surface area contributed by atoms with Crippen LogP contribution < -0.4 is 5.32 Å². The molecule has 2 unspecified atom stereocenters. The highest BCUT2D eigenvalue weighted by molar-refractivity contribution is 5.85. The van der Waals surface area contributed by atoms with Crippen LogP contribution in [0.4, 0.5) is 0 Å². The molecule has 6 heteroatoms. The third-order valence-electron chi connectivity index (χ3n) is 4.77. The molecule has 0 spiro atoms. The second kappa shape index (κ2) is 9.53. The number of nitrogens with zero attached hydrogens (tertiary/aromatic N) is 1. The first kappa shape index (κ1) is 19.5. The van der Waals surface area contributed by atoms with Gasteiger partial charge in [0.05, 0.1) is 0 Å². The Morgan fingerprint density at radius 1 is 1.26 bits per heavy atom. The van der Waals surface area contributed by atoms with Gasteiger partial charge in [0, 0.05) is 25.9 Å². The molecule has 1 saturated carbocycles. The SMILES string of the molecule is CCC(CC1CCCC1)C(=O)N(CCNC(C)=O)C(C)C(=O)O. The smallest absolute Gasteiger partial charge is 0.326 e. The average Bonchev–Trinajstić information content (AvgIpc) is 3.00. The maximum absolute atomic E-state index is 12.8. The summed E-state index contributed by atoms with van der Waals surface area (Å²) in [6.07, 6.45) is 6.37. The van der Waals surface area contributed by atoms with Crippen molar-refractivity contribution in [1.29, 1.82) is 0 Å². The standard InChI is InChI=1S/C17H30N2O4/c1-4-15(11-14-7-5-6-8-14)16(21)19(12(2)17(22)23)10-9-18-13(3)20/h12,14-15H,4-11H2,1-3H3,(H,18,20)(H,22,23). The molecule has 0 aromatic rings. The number of carboxylic acid groups (broad SMARTS) is 1. The van der Waals surface area contributed by atoms with Crippen LogP contribution in [0.3, 0.4) is 0 Å². The summed E-state index contributed by atoms with van der Waals surface area (Å²) in [4.78, 5) is 36.5. The number of carbonyl (C=O) groups excluding carboxylic acids is 2. The Kier molecular flexibility index (Phi) is 8.06. The molecular formula is C17H30N2O4. The number of rotatable bonds is 9. The molecule has 0 aromatic carbocycles. The average molecular weight is 326 g/mol. The molecule has 23 heavy (non-hydrogen) atoms. The monoisotopic (exact) mass is 326 g/mol. The molecule has 1 fully saturated rings. The largest absolute Gasteiger partial charge is 0.480 e. The van der Waals surface area contributed by atoms with Crippen LogP contribution in [-0.4, -0.2) is 46.9 Å². The van der Waals surface area contributed by atoms with Gasteiger partial charge in [-0.15, -0.1) is 0 Å². The summed E-state index contributed by atoms with van der Waals surface area (Å²) < 4.78 is 0. The summed E-state index contributed by atoms with van der Waals surface area (Å²) in [7, 11) is 0. The zero-order chi connectivity index (χ0) is 17.4. The first-order valence-electron chi connectivity index (χ1n) is 8.64. The van der Waals surface area contributed by atoms with Gasteiger partial charge in [-0.2, -0.15) is 0 Å². The highest BCUT2D eigenvalue weighted by Crippen LogP contribution is 2.32. The van der Waals surface area contributed by atoms with Crippen molar-refractivity contribution in [2.75, 3.05) is 13.1 Å². The number of aliphatic carboxylic acids is 1. The molecule has 0 saturated heterocycles. The zero-order valence-corrected chi connectivity index (χ0v) is 14.5. The molecule has 0 aromatic heterocycles. The van der Waals surface area contributed by atoms with Gasteiger partial charge in [0.15, 0.2) is 0 Å². The molecule has 2 atom stereocenters. The van der Waals surface area contributed by atoms with Gasteiger partial charge >= 0.3 is 5.97 Å². The Bertz CT molecular complexity index is 419. The Hall–Kier alpha value is -1.59. The lowest BCUT2D eigenvalue weighted by Crippen LogP contribution is -2.49. The van der Waals surface area contributed by atoms with Crippen molar-refractivity contribution in [2.24, 2.45) is 11.8 Å². The number of carboxylic acids is 1. The number of hydrogen-bond acceptors (Lipinski definition) is 3. The third kappa shape index (κ3) is 6.20. The van der Waals surface area contributed by atoms with Gasteiger partial charge in [-0.25, -0.2) is 4.79 Å². The van der Waals surface area contributed by atoms with Crippen LogP contribution in [-0.2, 0) is 14.4 Å². The van der Waals surface area contributed by atoms with Crippen molar-refractivity contribution in [2.45, 2.75) is 65.3 Å². The highest BCUT2D eigenvalue weighted by atomic mass is 16.4. The molecule has 6 nitrogen and oxygen atoms in total. The third-order valence-corrected chi connectivity index (χ3v) is 4.77. The van der Waals surface area contributed by atoms with Gasteiger partial charge in [-0.3, -0.25) is 9.59 Å². The summed E-state index contributed by atoms with van der Waals surface area (Å²) in [6, 6.07) is -0.881. The molecule has 2 amide bonds. The Morgan fingerprint density at radius 3 is 2.35 bits per heavy atom. The maximum atomic E-state index is 12.8. The lowest BCUT2D eigenvalue weighted by Gasteiger charge is -2.31. The molecule has 0 aliphatic heterocycles. The first-order chi connectivity index (χ1) is 10.9. The first-order valence-corrected chi connectivity index (χ1v) is 8.64. The van der Waals surface area contributed by atoms with Crippen molar-refractivity contribution in [3.63, 3.8) is 0 Å². The second-order valence-electron chi connectivity index (χ2n) is 6.52. The number of amides is 2. The van der Waals surface area contributed by atoms with Crippen LogP contribution >= 0.6 is 0 Å². The van der Waals surface area contributed by atoms with Crippen molar-refractivity contribution in [3.05, 3.63) is 0 Å². The van der Waals surface area contributed by atoms with E-state index in [1.165, 1.54) is 44.4 Å². The maximum Gasteiger partial charge on any atom is 0.326 e. The van der Waals surface area contributed by atoms with E-state index in [0.717, 1.165) is 12.8 Å². The minimum absolute atomic E-state index is 0.0975. The van der Waals surface area contributed by atoms with Gasteiger partial charge in [0.25, 0.3) is 0 Å². The summed E-state index contributed by atoms with van der Waals surface area (Å²) in [5.41, 5.74) is 0. The van der Waals surface area contributed by atoms with Crippen LogP contribution in [0.5, 0.6) is 0 Å². The van der Waals surface area contributed by atoms with Gasteiger partial charge in [0.1, 0.15) is 6.04 Å². The molecule has 1 aliphatic carbocycles. The summed E-state index contributed by atoms with van der Waals surface area (Å²) >= 11 is 0. The highest BCUT2D eigenvalue weighted by Gasteiger charge is 2.31. The van der Waals surface area contributed by atoms with E-state index in [0.29, 0.717) is 5.92 Å². The van der Waals surface area contributed by atoms with Gasteiger partial charge in [-0.1, -0.05) is 32.6 Å². The normalized spacial score (nSPS) is 17.5. The topological polar surface area (TPSA) is 86.7 Å². The van der Waals surface area contributed by atoms with E-state index >= 15 is 0 Å². The fourth-order valence-electron chi connectivity index (χ4n) is 3.31. The van der Waals surface area contributed by atoms with Crippen LogP contribution in [0.15, 0.2) is 0 Å². The molecule has 0 heterocycles. The van der Waals surface area contributed by atoms with E-state index in [9.17, 15) is 19.5 Å². The summed E-state index contributed by atoms with van der Waals surface area (Å²) in [6.45, 7) is 5.42. The lowest BCUT2D eigenvalue weighted by molar-refractivity contribution is -0.151. The van der Waals surface area contributed by atoms with Gasteiger partial charge < -0.3 is 15.3 Å². The van der Waals surface area contributed by atoms with Crippen LogP contribution in [0, 0.1) is 11.8 Å². The van der Waals surface area contributed by atoms with Crippen molar-refractivity contribution in [3.8, 4) is 0 Å². The fourth-order valence-corrected chi connectivity index (χ4v) is 3.31. The molecular weight excluding hydrogens is 296 g/mol. The molecule has 2 N–H and O–H groups in total. The van der Waals surface area contributed by atoms with E-state index in [2.05, 4.69) is 5.32 Å². The van der Waals surface area contributed by atoms with E-state index in [-0.39, 0.29) is 30.8 Å². The molecule has 1 rings (SSSR count). The van der Waals surface area contributed by atoms with Crippen molar-refractivity contribution < 1.29 is 19.5 Å². The Balaban J connectivity index is 2.73. The van der Waals surface area contributed by atoms with E-state index in [1.807, 2.05) is 6.92 Å². The Morgan fingerprint density at radius 2 is 1.87 bits per heavy atom. The van der Waals surface area contributed by atoms with E-state index < -0.39 is 12.0 Å². The molecule has 1 aliphatic rings. The van der Waals surface area contributed by atoms with E-state index in [4.69, 9.17) is 0 Å². The second-order valence-corrected chi connectivity index (χ2v) is 6.52. The quantitative estimate of drug-likeness (QED) is 0.679. The van der Waals surface area contributed by atoms with Gasteiger partial charge in [0.2, 0.25) is 11.8 Å². The predicted octanol–water partition coefficient (Wildman–Crippen LogP) is 2.03. The van der Waals surface area contributed by atoms with Gasteiger partial charge in [-0.05, 0) is 25.7 Å². The lowest BCUT2D eigenvalue weighted by atomic mass is 9.90. The number of nitrogens with one attached hydrogen (secondary N) is 1. The predicted molar refractivity (Wildman–Crippen MR) is 87.9 cm³/mol. The molecule has 0 radical (unpaired) electrons. The fraction of sp³-hybridized carbons (Fsp3) is 0.824. The van der Waals surface area contributed by atoms with Crippen LogP contribution in [0.2, 0.25) is 0 Å². The summed E-state index contributed by atoms with van der Waals surface area (Å²) in [5.74, 6) is -0.839.